The Kier molecular flexibility index (Phi) is 4.90. The van der Waals surface area contributed by atoms with Crippen molar-refractivity contribution in [3.63, 3.8) is 0 Å². The minimum atomic E-state index is 0.308. The molecule has 2 rings (SSSR count). The van der Waals surface area contributed by atoms with E-state index in [0.717, 1.165) is 11.3 Å². The molecule has 1 heterocycles. The van der Waals surface area contributed by atoms with Gasteiger partial charge in [0.1, 0.15) is 17.5 Å². The van der Waals surface area contributed by atoms with Crippen LogP contribution in [-0.2, 0) is 6.61 Å². The molecule has 0 unspecified atom stereocenters. The summed E-state index contributed by atoms with van der Waals surface area (Å²) < 4.78 is 5.90. The SMILES string of the molecule is Cc1ccc(C(C)C)c(OCc2nc(Cl)ccc2Cl)c1. The van der Waals surface area contributed by atoms with Crippen molar-refractivity contribution in [3.8, 4) is 5.75 Å². The lowest BCUT2D eigenvalue weighted by Crippen LogP contribution is -2.02. The second-order valence-corrected chi connectivity index (χ2v) is 5.84. The van der Waals surface area contributed by atoms with Gasteiger partial charge in [-0.2, -0.15) is 0 Å². The molecular formula is C16H17Cl2NO. The highest BCUT2D eigenvalue weighted by Crippen LogP contribution is 2.28. The summed E-state index contributed by atoms with van der Waals surface area (Å²) >= 11 is 12.0. The molecule has 1 aromatic heterocycles. The number of pyridine rings is 1. The first-order chi connectivity index (χ1) is 9.47. The molecule has 0 fully saturated rings. The number of hydrogen-bond acceptors (Lipinski definition) is 2. The van der Waals surface area contributed by atoms with Crippen LogP contribution in [-0.4, -0.2) is 4.98 Å². The Labute approximate surface area is 129 Å². The average molecular weight is 310 g/mol. The number of aromatic nitrogens is 1. The third kappa shape index (κ3) is 3.65. The Morgan fingerprint density at radius 2 is 1.90 bits per heavy atom. The van der Waals surface area contributed by atoms with Crippen LogP contribution in [0.2, 0.25) is 10.2 Å². The number of benzene rings is 1. The van der Waals surface area contributed by atoms with Crippen LogP contribution in [0, 0.1) is 6.92 Å². The normalized spacial score (nSPS) is 10.9. The summed E-state index contributed by atoms with van der Waals surface area (Å²) in [5.41, 5.74) is 2.98. The van der Waals surface area contributed by atoms with Crippen LogP contribution >= 0.6 is 23.2 Å². The Balaban J connectivity index is 2.22. The lowest BCUT2D eigenvalue weighted by Gasteiger charge is -2.15. The summed E-state index contributed by atoms with van der Waals surface area (Å²) in [7, 11) is 0. The first kappa shape index (κ1) is 15.1. The Morgan fingerprint density at radius 3 is 2.60 bits per heavy atom. The van der Waals surface area contributed by atoms with Crippen molar-refractivity contribution in [3.05, 3.63) is 57.3 Å². The van der Waals surface area contributed by atoms with Crippen LogP contribution in [0.1, 0.15) is 36.6 Å². The molecule has 0 saturated carbocycles. The lowest BCUT2D eigenvalue weighted by molar-refractivity contribution is 0.297. The van der Waals surface area contributed by atoms with E-state index in [1.165, 1.54) is 5.56 Å². The molecule has 0 aliphatic rings. The van der Waals surface area contributed by atoms with E-state index in [0.29, 0.717) is 28.4 Å². The highest BCUT2D eigenvalue weighted by atomic mass is 35.5. The van der Waals surface area contributed by atoms with E-state index >= 15 is 0 Å². The van der Waals surface area contributed by atoms with Crippen molar-refractivity contribution in [2.45, 2.75) is 33.3 Å². The number of rotatable bonds is 4. The van der Waals surface area contributed by atoms with Crippen molar-refractivity contribution in [1.29, 1.82) is 0 Å². The molecule has 0 amide bonds. The highest BCUT2D eigenvalue weighted by Gasteiger charge is 2.10. The van der Waals surface area contributed by atoms with Crippen LogP contribution in [0.4, 0.5) is 0 Å². The van der Waals surface area contributed by atoms with Crippen LogP contribution < -0.4 is 4.74 Å². The van der Waals surface area contributed by atoms with Gasteiger partial charge in [0.2, 0.25) is 0 Å². The van der Waals surface area contributed by atoms with Gasteiger partial charge < -0.3 is 4.74 Å². The van der Waals surface area contributed by atoms with Crippen molar-refractivity contribution in [2.75, 3.05) is 0 Å². The zero-order valence-electron chi connectivity index (χ0n) is 11.8. The van der Waals surface area contributed by atoms with Crippen LogP contribution in [0.5, 0.6) is 5.75 Å². The zero-order valence-corrected chi connectivity index (χ0v) is 13.3. The Morgan fingerprint density at radius 1 is 1.15 bits per heavy atom. The zero-order chi connectivity index (χ0) is 14.7. The second kappa shape index (κ2) is 6.47. The quantitative estimate of drug-likeness (QED) is 0.705. The van der Waals surface area contributed by atoms with E-state index in [4.69, 9.17) is 27.9 Å². The van der Waals surface area contributed by atoms with Gasteiger partial charge in [-0.1, -0.05) is 49.2 Å². The van der Waals surface area contributed by atoms with Gasteiger partial charge in [0.25, 0.3) is 0 Å². The average Bonchev–Trinajstić information content (AvgIpc) is 2.39. The predicted molar refractivity (Wildman–Crippen MR) is 83.9 cm³/mol. The summed E-state index contributed by atoms with van der Waals surface area (Å²) in [5, 5.41) is 0.981. The molecule has 1 aromatic carbocycles. The van der Waals surface area contributed by atoms with Crippen LogP contribution in [0.15, 0.2) is 30.3 Å². The smallest absolute Gasteiger partial charge is 0.132 e. The maximum Gasteiger partial charge on any atom is 0.132 e. The molecule has 106 valence electrons. The topological polar surface area (TPSA) is 22.1 Å². The molecule has 20 heavy (non-hydrogen) atoms. The molecule has 0 radical (unpaired) electrons. The van der Waals surface area contributed by atoms with Crippen molar-refractivity contribution < 1.29 is 4.74 Å². The molecule has 0 aliphatic heterocycles. The molecule has 0 N–H and O–H groups in total. The fraction of sp³-hybridized carbons (Fsp3) is 0.312. The summed E-state index contributed by atoms with van der Waals surface area (Å²) in [6.45, 7) is 6.63. The van der Waals surface area contributed by atoms with Gasteiger partial charge in [0, 0.05) is 0 Å². The fourth-order valence-corrected chi connectivity index (χ4v) is 2.27. The minimum absolute atomic E-state index is 0.308. The van der Waals surface area contributed by atoms with Gasteiger partial charge in [-0.15, -0.1) is 0 Å². The standard InChI is InChI=1S/C16H17Cl2NO/c1-10(2)12-5-4-11(3)8-15(12)20-9-14-13(17)6-7-16(18)19-14/h4-8,10H,9H2,1-3H3. The molecule has 0 bridgehead atoms. The van der Waals surface area contributed by atoms with Crippen molar-refractivity contribution in [1.82, 2.24) is 4.98 Å². The molecule has 4 heteroatoms. The molecule has 0 spiro atoms. The van der Waals surface area contributed by atoms with Crippen LogP contribution in [0.3, 0.4) is 0 Å². The van der Waals surface area contributed by atoms with Crippen LogP contribution in [0.25, 0.3) is 0 Å². The number of nitrogens with zero attached hydrogens (tertiary/aromatic N) is 1. The fourth-order valence-electron chi connectivity index (χ4n) is 1.95. The summed E-state index contributed by atoms with van der Waals surface area (Å²) in [6.07, 6.45) is 0. The summed E-state index contributed by atoms with van der Waals surface area (Å²) in [5.74, 6) is 1.27. The number of ether oxygens (including phenoxy) is 1. The molecule has 0 atom stereocenters. The Bertz CT molecular complexity index is 611. The van der Waals surface area contributed by atoms with E-state index in [1.54, 1.807) is 12.1 Å². The summed E-state index contributed by atoms with van der Waals surface area (Å²) in [4.78, 5) is 4.19. The highest BCUT2D eigenvalue weighted by molar-refractivity contribution is 6.32. The maximum absolute atomic E-state index is 6.09. The lowest BCUT2D eigenvalue weighted by atomic mass is 10.0. The molecule has 0 aliphatic carbocycles. The molecule has 2 aromatic rings. The predicted octanol–water partition coefficient (Wildman–Crippen LogP) is 5.40. The van der Waals surface area contributed by atoms with Gasteiger partial charge >= 0.3 is 0 Å². The van der Waals surface area contributed by atoms with Crippen molar-refractivity contribution in [2.24, 2.45) is 0 Å². The third-order valence-electron chi connectivity index (χ3n) is 3.04. The monoisotopic (exact) mass is 309 g/mol. The minimum Gasteiger partial charge on any atom is -0.487 e. The van der Waals surface area contributed by atoms with E-state index in [-0.39, 0.29) is 0 Å². The molecule has 2 nitrogen and oxygen atoms in total. The first-order valence-corrected chi connectivity index (χ1v) is 7.27. The Hall–Kier alpha value is -1.25. The van der Waals surface area contributed by atoms with E-state index in [9.17, 15) is 0 Å². The van der Waals surface area contributed by atoms with E-state index in [1.807, 2.05) is 13.0 Å². The summed E-state index contributed by atoms with van der Waals surface area (Å²) in [6, 6.07) is 9.62. The van der Waals surface area contributed by atoms with Gasteiger partial charge in [-0.3, -0.25) is 0 Å². The van der Waals surface area contributed by atoms with Gasteiger partial charge in [-0.05, 0) is 42.2 Å². The van der Waals surface area contributed by atoms with Gasteiger partial charge in [0.15, 0.2) is 0 Å². The van der Waals surface area contributed by atoms with Gasteiger partial charge in [-0.25, -0.2) is 4.98 Å². The van der Waals surface area contributed by atoms with E-state index in [2.05, 4.69) is 31.0 Å². The van der Waals surface area contributed by atoms with Crippen molar-refractivity contribution >= 4 is 23.2 Å². The largest absolute Gasteiger partial charge is 0.487 e. The number of hydrogen-bond donors (Lipinski definition) is 0. The second-order valence-electron chi connectivity index (χ2n) is 5.05. The van der Waals surface area contributed by atoms with Gasteiger partial charge in [0.05, 0.1) is 10.7 Å². The third-order valence-corrected chi connectivity index (χ3v) is 3.59. The maximum atomic E-state index is 6.09. The molecule has 0 saturated heterocycles. The van der Waals surface area contributed by atoms with E-state index < -0.39 is 0 Å². The first-order valence-electron chi connectivity index (χ1n) is 6.51. The molecular weight excluding hydrogens is 293 g/mol. The number of halogens is 2. The number of aryl methyl sites for hydroxylation is 1.